The van der Waals surface area contributed by atoms with Crippen LogP contribution in [0.3, 0.4) is 0 Å². The van der Waals surface area contributed by atoms with Gasteiger partial charge >= 0.3 is 0 Å². The number of carbonyl (C=O) groups is 1. The zero-order valence-electron chi connectivity index (χ0n) is 14.3. The fourth-order valence-electron chi connectivity index (χ4n) is 2.40. The van der Waals surface area contributed by atoms with Crippen molar-refractivity contribution >= 4 is 17.7 Å². The molecule has 0 unspecified atom stereocenters. The molecule has 128 valence electrons. The minimum atomic E-state index is -0.0943. The van der Waals surface area contributed by atoms with E-state index in [4.69, 9.17) is 4.74 Å². The molecule has 0 radical (unpaired) electrons. The molecule has 2 rings (SSSR count). The molecule has 1 atom stereocenters. The molecule has 0 saturated carbocycles. The van der Waals surface area contributed by atoms with Gasteiger partial charge < -0.3 is 10.1 Å². The quantitative estimate of drug-likeness (QED) is 0.544. The molecule has 0 fully saturated rings. The molecule has 1 N–H and O–H groups in total. The fraction of sp³-hybridized carbons (Fsp3) is 0.350. The first-order chi connectivity index (χ1) is 11.7. The fourth-order valence-corrected chi connectivity index (χ4v) is 3.31. The summed E-state index contributed by atoms with van der Waals surface area (Å²) in [6.45, 7) is 5.28. The highest BCUT2D eigenvalue weighted by Crippen LogP contribution is 2.22. The molecule has 0 heterocycles. The van der Waals surface area contributed by atoms with E-state index in [1.165, 1.54) is 5.56 Å². The largest absolute Gasteiger partial charge is 0.494 e. The molecule has 0 spiro atoms. The van der Waals surface area contributed by atoms with E-state index in [0.717, 1.165) is 23.5 Å². The highest BCUT2D eigenvalue weighted by atomic mass is 32.2. The van der Waals surface area contributed by atoms with Crippen LogP contribution >= 0.6 is 11.8 Å². The highest BCUT2D eigenvalue weighted by Gasteiger charge is 2.13. The maximum absolute atomic E-state index is 12.2. The number of hydrogen-bond donors (Lipinski definition) is 1. The van der Waals surface area contributed by atoms with Gasteiger partial charge in [0.15, 0.2) is 0 Å². The zero-order chi connectivity index (χ0) is 17.2. The number of hydrogen-bond acceptors (Lipinski definition) is 3. The molecular weight excluding hydrogens is 318 g/mol. The van der Waals surface area contributed by atoms with Crippen molar-refractivity contribution in [2.24, 2.45) is 0 Å². The Morgan fingerprint density at radius 1 is 1.12 bits per heavy atom. The Balaban J connectivity index is 1.73. The predicted molar refractivity (Wildman–Crippen MR) is 101 cm³/mol. The van der Waals surface area contributed by atoms with Crippen molar-refractivity contribution < 1.29 is 9.53 Å². The lowest BCUT2D eigenvalue weighted by atomic mass is 10.1. The Kier molecular flexibility index (Phi) is 7.69. The van der Waals surface area contributed by atoms with Gasteiger partial charge in [-0.15, -0.1) is 11.8 Å². The number of carbonyl (C=O) groups excluding carboxylic acids is 1. The predicted octanol–water partition coefficient (Wildman–Crippen LogP) is 4.31. The number of ether oxygens (including phenoxy) is 1. The first-order valence-electron chi connectivity index (χ1n) is 8.41. The number of amides is 1. The standard InChI is InChI=1S/C20H25NO2S/c1-3-23-19-14-8-7-10-17(19)11-9-15-21-20(22)16(2)24-18-12-5-4-6-13-18/h4-8,10,12-14,16H,3,9,11,15H2,1-2H3,(H,21,22)/t16-/m0/s1. The van der Waals surface area contributed by atoms with E-state index in [0.29, 0.717) is 13.2 Å². The average Bonchev–Trinajstić information content (AvgIpc) is 2.61. The zero-order valence-corrected chi connectivity index (χ0v) is 15.1. The molecule has 24 heavy (non-hydrogen) atoms. The maximum Gasteiger partial charge on any atom is 0.233 e. The van der Waals surface area contributed by atoms with Crippen LogP contribution in [0.15, 0.2) is 59.5 Å². The minimum absolute atomic E-state index is 0.0851. The molecule has 2 aromatic rings. The van der Waals surface area contributed by atoms with Crippen LogP contribution in [-0.2, 0) is 11.2 Å². The van der Waals surface area contributed by atoms with Gasteiger partial charge in [-0.2, -0.15) is 0 Å². The average molecular weight is 343 g/mol. The second kappa shape index (κ2) is 10.0. The Bertz CT molecular complexity index is 631. The Morgan fingerprint density at radius 2 is 1.83 bits per heavy atom. The summed E-state index contributed by atoms with van der Waals surface area (Å²) in [7, 11) is 0. The van der Waals surface area contributed by atoms with Gasteiger partial charge in [0.1, 0.15) is 5.75 Å². The summed E-state index contributed by atoms with van der Waals surface area (Å²) in [6, 6.07) is 18.1. The van der Waals surface area contributed by atoms with Crippen molar-refractivity contribution in [2.75, 3.05) is 13.2 Å². The third kappa shape index (κ3) is 5.93. The van der Waals surface area contributed by atoms with Gasteiger partial charge in [0.25, 0.3) is 0 Å². The van der Waals surface area contributed by atoms with Gasteiger partial charge in [0.05, 0.1) is 11.9 Å². The number of nitrogens with one attached hydrogen (secondary N) is 1. The van der Waals surface area contributed by atoms with Crippen molar-refractivity contribution in [1.29, 1.82) is 0 Å². The molecular formula is C20H25NO2S. The lowest BCUT2D eigenvalue weighted by Crippen LogP contribution is -2.31. The Hall–Kier alpha value is -1.94. The van der Waals surface area contributed by atoms with Crippen molar-refractivity contribution in [2.45, 2.75) is 36.8 Å². The molecule has 0 aliphatic carbocycles. The summed E-state index contributed by atoms with van der Waals surface area (Å²) < 4.78 is 5.63. The molecule has 1 amide bonds. The number of aryl methyl sites for hydroxylation is 1. The number of para-hydroxylation sites is 1. The van der Waals surface area contributed by atoms with Crippen molar-refractivity contribution in [3.63, 3.8) is 0 Å². The summed E-state index contributed by atoms with van der Waals surface area (Å²) in [5, 5.41) is 2.93. The highest BCUT2D eigenvalue weighted by molar-refractivity contribution is 8.00. The van der Waals surface area contributed by atoms with Gasteiger partial charge in [-0.1, -0.05) is 36.4 Å². The van der Waals surface area contributed by atoms with Crippen LogP contribution in [-0.4, -0.2) is 24.3 Å². The third-order valence-electron chi connectivity index (χ3n) is 3.62. The topological polar surface area (TPSA) is 38.3 Å². The van der Waals surface area contributed by atoms with Crippen LogP contribution in [0.4, 0.5) is 0 Å². The first-order valence-corrected chi connectivity index (χ1v) is 9.28. The van der Waals surface area contributed by atoms with E-state index < -0.39 is 0 Å². The van der Waals surface area contributed by atoms with Crippen LogP contribution in [0.5, 0.6) is 5.75 Å². The second-order valence-corrected chi connectivity index (χ2v) is 6.92. The lowest BCUT2D eigenvalue weighted by Gasteiger charge is -2.13. The maximum atomic E-state index is 12.2. The summed E-state index contributed by atoms with van der Waals surface area (Å²) in [6.07, 6.45) is 1.80. The normalized spacial score (nSPS) is 11.8. The van der Waals surface area contributed by atoms with E-state index >= 15 is 0 Å². The number of thioether (sulfide) groups is 1. The molecule has 0 aliphatic rings. The summed E-state index contributed by atoms with van der Waals surface area (Å²) in [4.78, 5) is 13.3. The first kappa shape index (κ1) is 18.4. The molecule has 0 saturated heterocycles. The lowest BCUT2D eigenvalue weighted by molar-refractivity contribution is -0.120. The van der Waals surface area contributed by atoms with E-state index in [-0.39, 0.29) is 11.2 Å². The van der Waals surface area contributed by atoms with E-state index in [9.17, 15) is 4.79 Å². The van der Waals surface area contributed by atoms with Gasteiger partial charge in [0.2, 0.25) is 5.91 Å². The monoisotopic (exact) mass is 343 g/mol. The molecule has 0 aromatic heterocycles. The van der Waals surface area contributed by atoms with Crippen molar-refractivity contribution in [3.8, 4) is 5.75 Å². The SMILES string of the molecule is CCOc1ccccc1CCCNC(=O)[C@H](C)Sc1ccccc1. The third-order valence-corrected chi connectivity index (χ3v) is 4.73. The van der Waals surface area contributed by atoms with Gasteiger partial charge in [-0.3, -0.25) is 4.79 Å². The van der Waals surface area contributed by atoms with E-state index in [1.54, 1.807) is 11.8 Å². The Labute approximate surface area is 148 Å². The number of rotatable bonds is 9. The molecule has 0 bridgehead atoms. The van der Waals surface area contributed by atoms with Crippen molar-refractivity contribution in [3.05, 3.63) is 60.2 Å². The van der Waals surface area contributed by atoms with E-state index in [2.05, 4.69) is 11.4 Å². The summed E-state index contributed by atoms with van der Waals surface area (Å²) in [5.41, 5.74) is 1.19. The number of benzene rings is 2. The molecule has 3 nitrogen and oxygen atoms in total. The minimum Gasteiger partial charge on any atom is -0.494 e. The molecule has 0 aliphatic heterocycles. The van der Waals surface area contributed by atoms with Crippen LogP contribution in [0.1, 0.15) is 25.8 Å². The van der Waals surface area contributed by atoms with Gasteiger partial charge in [-0.05, 0) is 50.5 Å². The van der Waals surface area contributed by atoms with Crippen LogP contribution in [0, 0.1) is 0 Å². The smallest absolute Gasteiger partial charge is 0.233 e. The van der Waals surface area contributed by atoms with Crippen molar-refractivity contribution in [1.82, 2.24) is 5.32 Å². The summed E-state index contributed by atoms with van der Waals surface area (Å²) in [5.74, 6) is 1.03. The second-order valence-electron chi connectivity index (χ2n) is 5.51. The Morgan fingerprint density at radius 3 is 2.58 bits per heavy atom. The van der Waals surface area contributed by atoms with E-state index in [1.807, 2.05) is 62.4 Å². The van der Waals surface area contributed by atoms with Gasteiger partial charge in [-0.25, -0.2) is 0 Å². The molecule has 4 heteroatoms. The summed E-state index contributed by atoms with van der Waals surface area (Å²) >= 11 is 1.58. The van der Waals surface area contributed by atoms with Crippen LogP contribution in [0.25, 0.3) is 0 Å². The van der Waals surface area contributed by atoms with Crippen LogP contribution in [0.2, 0.25) is 0 Å². The molecule has 2 aromatic carbocycles. The van der Waals surface area contributed by atoms with Crippen LogP contribution < -0.4 is 10.1 Å². The van der Waals surface area contributed by atoms with Gasteiger partial charge in [0, 0.05) is 11.4 Å².